The Morgan fingerprint density at radius 3 is 2.69 bits per heavy atom. The summed E-state index contributed by atoms with van der Waals surface area (Å²) in [4.78, 5) is 11.1. The van der Waals surface area contributed by atoms with Crippen molar-refractivity contribution in [1.29, 1.82) is 0 Å². The van der Waals surface area contributed by atoms with Crippen LogP contribution in [0.1, 0.15) is 0 Å². The molecule has 0 spiro atoms. The van der Waals surface area contributed by atoms with E-state index in [0.717, 1.165) is 6.07 Å². The first-order valence-electron chi connectivity index (χ1n) is 4.42. The number of anilines is 1. The molecule has 1 aromatic rings. The molecular formula is C10H10F2N2O2. The van der Waals surface area contributed by atoms with Gasteiger partial charge in [-0.15, -0.1) is 6.58 Å². The molecule has 86 valence electrons. The van der Waals surface area contributed by atoms with Gasteiger partial charge in [-0.05, 0) is 0 Å². The Balaban J connectivity index is 3.34. The summed E-state index contributed by atoms with van der Waals surface area (Å²) in [5, 5.41) is 10.7. The van der Waals surface area contributed by atoms with Crippen LogP contribution in [-0.2, 0) is 0 Å². The van der Waals surface area contributed by atoms with Gasteiger partial charge in [0, 0.05) is 25.7 Å². The summed E-state index contributed by atoms with van der Waals surface area (Å²) in [5.74, 6) is -2.04. The van der Waals surface area contributed by atoms with Crippen molar-refractivity contribution in [1.82, 2.24) is 0 Å². The Bertz CT molecular complexity index is 435. The molecule has 0 N–H and O–H groups in total. The average Bonchev–Trinajstić information content (AvgIpc) is 2.15. The lowest BCUT2D eigenvalue weighted by molar-refractivity contribution is -0.386. The number of halogens is 2. The molecule has 0 saturated carbocycles. The van der Waals surface area contributed by atoms with Crippen LogP contribution >= 0.6 is 0 Å². The number of rotatable bonds is 4. The normalized spacial score (nSPS) is 9.94. The largest absolute Gasteiger partial charge is 0.365 e. The zero-order valence-electron chi connectivity index (χ0n) is 8.61. The van der Waals surface area contributed by atoms with Crippen molar-refractivity contribution in [3.63, 3.8) is 0 Å². The maximum absolute atomic E-state index is 13.2. The quantitative estimate of drug-likeness (QED) is 0.452. The number of nitro groups is 1. The second-order valence-electron chi connectivity index (χ2n) is 3.18. The fourth-order valence-corrected chi connectivity index (χ4v) is 1.32. The van der Waals surface area contributed by atoms with Crippen LogP contribution < -0.4 is 4.90 Å². The molecule has 1 aromatic carbocycles. The van der Waals surface area contributed by atoms with Crippen LogP contribution in [0.4, 0.5) is 20.2 Å². The van der Waals surface area contributed by atoms with Gasteiger partial charge >= 0.3 is 5.69 Å². The highest BCUT2D eigenvalue weighted by molar-refractivity contribution is 5.63. The van der Waals surface area contributed by atoms with Crippen molar-refractivity contribution in [2.75, 3.05) is 18.5 Å². The van der Waals surface area contributed by atoms with Gasteiger partial charge in [0.25, 0.3) is 0 Å². The molecule has 0 aliphatic carbocycles. The van der Waals surface area contributed by atoms with Crippen LogP contribution in [0.3, 0.4) is 0 Å². The van der Waals surface area contributed by atoms with Gasteiger partial charge in [-0.25, -0.2) is 4.39 Å². The van der Waals surface area contributed by atoms with Gasteiger partial charge < -0.3 is 4.90 Å². The second-order valence-corrected chi connectivity index (χ2v) is 3.18. The van der Waals surface area contributed by atoms with E-state index >= 15 is 0 Å². The lowest BCUT2D eigenvalue weighted by Crippen LogP contribution is -2.18. The van der Waals surface area contributed by atoms with Crippen molar-refractivity contribution in [2.45, 2.75) is 0 Å². The Morgan fingerprint density at radius 2 is 2.19 bits per heavy atom. The maximum atomic E-state index is 13.2. The molecular weight excluding hydrogens is 218 g/mol. The SMILES string of the molecule is C=CCN(C)c1cc(F)cc(F)c1[N+](=O)[O-]. The number of hydrogen-bond donors (Lipinski definition) is 0. The molecule has 4 nitrogen and oxygen atoms in total. The molecule has 0 amide bonds. The second kappa shape index (κ2) is 4.69. The minimum Gasteiger partial charge on any atom is -0.365 e. The monoisotopic (exact) mass is 228 g/mol. The van der Waals surface area contributed by atoms with Gasteiger partial charge in [0.1, 0.15) is 11.5 Å². The molecule has 0 saturated heterocycles. The predicted molar refractivity (Wildman–Crippen MR) is 56.5 cm³/mol. The topological polar surface area (TPSA) is 46.4 Å². The van der Waals surface area contributed by atoms with Crippen molar-refractivity contribution < 1.29 is 13.7 Å². The minimum absolute atomic E-state index is 0.109. The van der Waals surface area contributed by atoms with E-state index in [1.54, 1.807) is 0 Å². The molecule has 16 heavy (non-hydrogen) atoms. The zero-order chi connectivity index (χ0) is 12.3. The van der Waals surface area contributed by atoms with Crippen molar-refractivity contribution >= 4 is 11.4 Å². The third-order valence-corrected chi connectivity index (χ3v) is 2.00. The van der Waals surface area contributed by atoms with E-state index in [1.165, 1.54) is 18.0 Å². The summed E-state index contributed by atoms with van der Waals surface area (Å²) in [6.07, 6.45) is 1.48. The minimum atomic E-state index is -1.18. The predicted octanol–water partition coefficient (Wildman–Crippen LogP) is 2.50. The molecule has 0 atom stereocenters. The first-order chi connectivity index (χ1) is 7.47. The molecule has 0 radical (unpaired) electrons. The van der Waals surface area contributed by atoms with Gasteiger partial charge in [0.05, 0.1) is 4.92 Å². The van der Waals surface area contributed by atoms with Gasteiger partial charge in [0.15, 0.2) is 0 Å². The molecule has 0 aliphatic rings. The number of nitro benzene ring substituents is 1. The third kappa shape index (κ3) is 2.33. The standard InChI is InChI=1S/C10H10F2N2O2/c1-3-4-13(2)9-6-7(11)5-8(12)10(9)14(15)16/h3,5-6H,1,4H2,2H3. The molecule has 0 fully saturated rings. The molecule has 0 aliphatic heterocycles. The lowest BCUT2D eigenvalue weighted by atomic mass is 10.2. The van der Waals surface area contributed by atoms with E-state index in [0.29, 0.717) is 6.07 Å². The van der Waals surface area contributed by atoms with Crippen LogP contribution in [0.5, 0.6) is 0 Å². The maximum Gasteiger partial charge on any atom is 0.328 e. The van der Waals surface area contributed by atoms with Crippen molar-refractivity contribution in [3.8, 4) is 0 Å². The average molecular weight is 228 g/mol. The highest BCUT2D eigenvalue weighted by Crippen LogP contribution is 2.31. The van der Waals surface area contributed by atoms with Crippen LogP contribution in [0.15, 0.2) is 24.8 Å². The number of likely N-dealkylation sites (N-methyl/N-ethyl adjacent to an activating group) is 1. The summed E-state index contributed by atoms with van der Waals surface area (Å²) in [5.41, 5.74) is -0.840. The summed E-state index contributed by atoms with van der Waals surface area (Å²) in [7, 11) is 1.49. The van der Waals surface area contributed by atoms with Crippen LogP contribution in [0.2, 0.25) is 0 Å². The van der Waals surface area contributed by atoms with E-state index in [1.807, 2.05) is 0 Å². The molecule has 0 bridgehead atoms. The van der Waals surface area contributed by atoms with Crippen LogP contribution in [0, 0.1) is 21.7 Å². The van der Waals surface area contributed by atoms with E-state index in [2.05, 4.69) is 6.58 Å². The first-order valence-corrected chi connectivity index (χ1v) is 4.42. The first kappa shape index (κ1) is 12.1. The number of hydrogen-bond acceptors (Lipinski definition) is 3. The van der Waals surface area contributed by atoms with Gasteiger partial charge in [-0.2, -0.15) is 4.39 Å². The zero-order valence-corrected chi connectivity index (χ0v) is 8.61. The molecule has 0 heterocycles. The van der Waals surface area contributed by atoms with E-state index in [4.69, 9.17) is 0 Å². The summed E-state index contributed by atoms with van der Waals surface area (Å²) >= 11 is 0. The smallest absolute Gasteiger partial charge is 0.328 e. The highest BCUT2D eigenvalue weighted by Gasteiger charge is 2.23. The van der Waals surface area contributed by atoms with Gasteiger partial charge in [0.2, 0.25) is 5.82 Å². The third-order valence-electron chi connectivity index (χ3n) is 2.00. The highest BCUT2D eigenvalue weighted by atomic mass is 19.1. The fourth-order valence-electron chi connectivity index (χ4n) is 1.32. The Hall–Kier alpha value is -1.98. The van der Waals surface area contributed by atoms with E-state index in [9.17, 15) is 18.9 Å². The van der Waals surface area contributed by atoms with Crippen LogP contribution in [0.25, 0.3) is 0 Å². The van der Waals surface area contributed by atoms with Crippen molar-refractivity contribution in [3.05, 3.63) is 46.5 Å². The van der Waals surface area contributed by atoms with Gasteiger partial charge in [-0.3, -0.25) is 10.1 Å². The molecule has 6 heteroatoms. The Morgan fingerprint density at radius 1 is 1.56 bits per heavy atom. The molecule has 0 unspecified atom stereocenters. The number of nitrogens with zero attached hydrogens (tertiary/aromatic N) is 2. The van der Waals surface area contributed by atoms with Gasteiger partial charge in [-0.1, -0.05) is 6.08 Å². The Labute approximate surface area is 90.9 Å². The summed E-state index contributed by atoms with van der Waals surface area (Å²) in [6, 6.07) is 1.41. The van der Waals surface area contributed by atoms with Crippen LogP contribution in [-0.4, -0.2) is 18.5 Å². The molecule has 0 aromatic heterocycles. The summed E-state index contributed by atoms with van der Waals surface area (Å²) < 4.78 is 26.2. The molecule has 1 rings (SSSR count). The fraction of sp³-hybridized carbons (Fsp3) is 0.200. The summed E-state index contributed by atoms with van der Waals surface area (Å²) in [6.45, 7) is 3.70. The number of benzene rings is 1. The van der Waals surface area contributed by atoms with E-state index < -0.39 is 22.2 Å². The van der Waals surface area contributed by atoms with Crippen molar-refractivity contribution in [2.24, 2.45) is 0 Å². The lowest BCUT2D eigenvalue weighted by Gasteiger charge is -2.17. The van der Waals surface area contributed by atoms with E-state index in [-0.39, 0.29) is 12.2 Å². The Kier molecular flexibility index (Phi) is 3.55.